The lowest BCUT2D eigenvalue weighted by Gasteiger charge is -1.76. The van der Waals surface area contributed by atoms with Gasteiger partial charge >= 0.3 is 0 Å². The molecule has 0 amide bonds. The van der Waals surface area contributed by atoms with E-state index in [1.165, 1.54) is 0 Å². The fourth-order valence-corrected chi connectivity index (χ4v) is 0.514. The molecule has 0 saturated carbocycles. The summed E-state index contributed by atoms with van der Waals surface area (Å²) < 4.78 is 4.73. The lowest BCUT2D eigenvalue weighted by molar-refractivity contribution is 0.391. The second kappa shape index (κ2) is 3.48. The Balaban J connectivity index is 0.000000640. The number of aryl methyl sites for hydroxylation is 1. The quantitative estimate of drug-likeness (QED) is 0.643. The molecule has 1 aromatic rings. The first kappa shape index (κ1) is 8.46. The zero-order valence-electron chi connectivity index (χ0n) is 5.13. The number of nitrogens with two attached hydrogens (primary N) is 1. The van der Waals surface area contributed by atoms with Crippen LogP contribution in [0.25, 0.3) is 0 Å². The highest BCUT2D eigenvalue weighted by molar-refractivity contribution is 5.85. The van der Waals surface area contributed by atoms with Crippen molar-refractivity contribution in [3.63, 3.8) is 0 Å². The summed E-state index contributed by atoms with van der Waals surface area (Å²) in [5.74, 6) is 0.811. The van der Waals surface area contributed by atoms with Crippen molar-refractivity contribution in [2.75, 3.05) is 0 Å². The Morgan fingerprint density at radius 3 is 2.67 bits per heavy atom. The fraction of sp³-hybridized carbons (Fsp3) is 0.400. The van der Waals surface area contributed by atoms with Gasteiger partial charge in [-0.1, -0.05) is 5.16 Å². The van der Waals surface area contributed by atoms with Crippen molar-refractivity contribution in [1.29, 1.82) is 0 Å². The number of rotatable bonds is 1. The Bertz CT molecular complexity index is 175. The standard InChI is InChI=1S/C5H8N2O.ClH/c1-4-2-5(3-6)7-8-4;/h2H,3,6H2,1H3;1H. The van der Waals surface area contributed by atoms with Crippen molar-refractivity contribution in [3.8, 4) is 0 Å². The molecule has 0 atom stereocenters. The van der Waals surface area contributed by atoms with Gasteiger partial charge in [-0.25, -0.2) is 0 Å². The summed E-state index contributed by atoms with van der Waals surface area (Å²) >= 11 is 0. The Kier molecular flexibility index (Phi) is 3.27. The second-order valence-corrected chi connectivity index (χ2v) is 1.63. The molecule has 0 aliphatic heterocycles. The topological polar surface area (TPSA) is 52.0 Å². The SMILES string of the molecule is Cc1cc(CN)no1.Cl. The van der Waals surface area contributed by atoms with Gasteiger partial charge in [0.2, 0.25) is 0 Å². The Labute approximate surface area is 59.6 Å². The van der Waals surface area contributed by atoms with E-state index in [0.717, 1.165) is 11.5 Å². The van der Waals surface area contributed by atoms with E-state index in [1.54, 1.807) is 0 Å². The molecule has 1 aromatic heterocycles. The van der Waals surface area contributed by atoms with Gasteiger partial charge in [-0.05, 0) is 6.92 Å². The molecule has 0 aliphatic rings. The van der Waals surface area contributed by atoms with Crippen LogP contribution in [0.3, 0.4) is 0 Å². The van der Waals surface area contributed by atoms with Crippen molar-refractivity contribution in [3.05, 3.63) is 17.5 Å². The highest BCUT2D eigenvalue weighted by Crippen LogP contribution is 1.98. The lowest BCUT2D eigenvalue weighted by atomic mass is 10.4. The van der Waals surface area contributed by atoms with Crippen molar-refractivity contribution in [1.82, 2.24) is 5.16 Å². The fourth-order valence-electron chi connectivity index (χ4n) is 0.514. The Hall–Kier alpha value is -0.540. The van der Waals surface area contributed by atoms with Crippen LogP contribution >= 0.6 is 12.4 Å². The summed E-state index contributed by atoms with van der Waals surface area (Å²) in [6.07, 6.45) is 0. The van der Waals surface area contributed by atoms with Gasteiger partial charge in [-0.3, -0.25) is 0 Å². The third-order valence-electron chi connectivity index (χ3n) is 0.886. The van der Waals surface area contributed by atoms with Gasteiger partial charge in [0, 0.05) is 12.6 Å². The third-order valence-corrected chi connectivity index (χ3v) is 0.886. The minimum Gasteiger partial charge on any atom is -0.361 e. The first-order chi connectivity index (χ1) is 3.83. The zero-order valence-corrected chi connectivity index (χ0v) is 5.94. The number of nitrogens with zero attached hydrogens (tertiary/aromatic N) is 1. The third kappa shape index (κ3) is 2.03. The number of halogens is 1. The normalized spacial score (nSPS) is 8.67. The van der Waals surface area contributed by atoms with E-state index in [0.29, 0.717) is 6.54 Å². The molecule has 1 heterocycles. The molecule has 52 valence electrons. The molecule has 0 saturated heterocycles. The molecule has 3 nitrogen and oxygen atoms in total. The average Bonchev–Trinajstić information content (AvgIpc) is 2.14. The molecular weight excluding hydrogens is 140 g/mol. The van der Waals surface area contributed by atoms with E-state index >= 15 is 0 Å². The molecule has 0 bridgehead atoms. The molecule has 0 radical (unpaired) electrons. The van der Waals surface area contributed by atoms with Crippen molar-refractivity contribution >= 4 is 12.4 Å². The highest BCUT2D eigenvalue weighted by Gasteiger charge is 1.93. The maximum absolute atomic E-state index is 5.24. The van der Waals surface area contributed by atoms with Crippen LogP contribution in [0.1, 0.15) is 11.5 Å². The van der Waals surface area contributed by atoms with E-state index in [9.17, 15) is 0 Å². The van der Waals surface area contributed by atoms with Gasteiger partial charge in [0.1, 0.15) is 5.76 Å². The smallest absolute Gasteiger partial charge is 0.133 e. The minimum atomic E-state index is 0. The molecule has 0 aliphatic carbocycles. The van der Waals surface area contributed by atoms with E-state index in [4.69, 9.17) is 10.3 Å². The van der Waals surface area contributed by atoms with Gasteiger partial charge in [-0.15, -0.1) is 12.4 Å². The molecule has 0 fully saturated rings. The van der Waals surface area contributed by atoms with E-state index in [2.05, 4.69) is 5.16 Å². The van der Waals surface area contributed by atoms with Crippen molar-refractivity contribution < 1.29 is 4.52 Å². The van der Waals surface area contributed by atoms with Crippen LogP contribution in [-0.2, 0) is 6.54 Å². The monoisotopic (exact) mass is 148 g/mol. The van der Waals surface area contributed by atoms with Gasteiger partial charge in [-0.2, -0.15) is 0 Å². The summed E-state index contributed by atoms with van der Waals surface area (Å²) in [6, 6.07) is 1.82. The van der Waals surface area contributed by atoms with Crippen LogP contribution < -0.4 is 5.73 Å². The number of aromatic nitrogens is 1. The van der Waals surface area contributed by atoms with Crippen LogP contribution in [0, 0.1) is 6.92 Å². The summed E-state index contributed by atoms with van der Waals surface area (Å²) in [5.41, 5.74) is 6.05. The maximum Gasteiger partial charge on any atom is 0.133 e. The molecule has 0 aromatic carbocycles. The molecule has 9 heavy (non-hydrogen) atoms. The van der Waals surface area contributed by atoms with Crippen LogP contribution in [0.2, 0.25) is 0 Å². The van der Waals surface area contributed by atoms with E-state index in [-0.39, 0.29) is 12.4 Å². The molecule has 1 rings (SSSR count). The van der Waals surface area contributed by atoms with Crippen LogP contribution in [0.4, 0.5) is 0 Å². The summed E-state index contributed by atoms with van der Waals surface area (Å²) in [7, 11) is 0. The zero-order chi connectivity index (χ0) is 5.98. The van der Waals surface area contributed by atoms with Gasteiger partial charge in [0.15, 0.2) is 0 Å². The highest BCUT2D eigenvalue weighted by atomic mass is 35.5. The van der Waals surface area contributed by atoms with Crippen molar-refractivity contribution in [2.24, 2.45) is 5.73 Å². The Morgan fingerprint density at radius 1 is 1.78 bits per heavy atom. The van der Waals surface area contributed by atoms with Gasteiger partial charge in [0.25, 0.3) is 0 Å². The van der Waals surface area contributed by atoms with Crippen LogP contribution in [0.5, 0.6) is 0 Å². The van der Waals surface area contributed by atoms with E-state index in [1.807, 2.05) is 13.0 Å². The van der Waals surface area contributed by atoms with Gasteiger partial charge in [0.05, 0.1) is 5.69 Å². The predicted molar refractivity (Wildman–Crippen MR) is 36.4 cm³/mol. The first-order valence-corrected chi connectivity index (χ1v) is 2.45. The summed E-state index contributed by atoms with van der Waals surface area (Å²) in [5, 5.41) is 3.63. The number of hydrogen-bond acceptors (Lipinski definition) is 3. The van der Waals surface area contributed by atoms with E-state index < -0.39 is 0 Å². The van der Waals surface area contributed by atoms with Crippen LogP contribution in [0.15, 0.2) is 10.6 Å². The maximum atomic E-state index is 5.24. The number of hydrogen-bond donors (Lipinski definition) is 1. The van der Waals surface area contributed by atoms with Crippen LogP contribution in [-0.4, -0.2) is 5.16 Å². The lowest BCUT2D eigenvalue weighted by Crippen LogP contribution is -1.94. The average molecular weight is 149 g/mol. The minimum absolute atomic E-state index is 0. The molecular formula is C5H9ClN2O. The summed E-state index contributed by atoms with van der Waals surface area (Å²) in [4.78, 5) is 0. The Morgan fingerprint density at radius 2 is 2.44 bits per heavy atom. The second-order valence-electron chi connectivity index (χ2n) is 1.63. The largest absolute Gasteiger partial charge is 0.361 e. The van der Waals surface area contributed by atoms with Crippen molar-refractivity contribution in [2.45, 2.75) is 13.5 Å². The molecule has 4 heteroatoms. The molecule has 0 unspecified atom stereocenters. The van der Waals surface area contributed by atoms with Gasteiger partial charge < -0.3 is 10.3 Å². The summed E-state index contributed by atoms with van der Waals surface area (Å²) in [6.45, 7) is 2.30. The first-order valence-electron chi connectivity index (χ1n) is 2.45. The predicted octanol–water partition coefficient (Wildman–Crippen LogP) is 0.864. The molecule has 2 N–H and O–H groups in total. The molecule has 0 spiro atoms.